The number of nitriles is 1. The Bertz CT molecular complexity index is 299. The minimum absolute atomic E-state index is 0. The van der Waals surface area contributed by atoms with Gasteiger partial charge in [-0.15, -0.1) is 0 Å². The molecule has 0 unspecified atom stereocenters. The molecule has 0 saturated carbocycles. The number of rotatable bonds is 0. The molecule has 44 valence electrons. The molecule has 10 heavy (non-hydrogen) atoms. The smallest absolute Gasteiger partial charge is 0.629 e. The van der Waals surface area contributed by atoms with E-state index in [1.54, 1.807) is 0 Å². The van der Waals surface area contributed by atoms with Crippen molar-refractivity contribution in [1.29, 1.82) is 5.26 Å². The van der Waals surface area contributed by atoms with Crippen LogP contribution in [-0.2, 0) is 0 Å². The molecule has 1 rings (SSSR count). The molecular formula is C6H3KN2O. The fraction of sp³-hybridized carbons (Fsp3) is 0. The quantitative estimate of drug-likeness (QED) is 0.375. The normalized spacial score (nSPS) is 7.50. The van der Waals surface area contributed by atoms with Crippen LogP contribution in [0.3, 0.4) is 0 Å². The van der Waals surface area contributed by atoms with E-state index < -0.39 is 0 Å². The number of hydrogen-bond acceptors (Lipinski definition) is 2. The first-order valence-corrected chi connectivity index (χ1v) is 2.36. The van der Waals surface area contributed by atoms with Gasteiger partial charge in [0.15, 0.2) is 0 Å². The molecule has 0 atom stereocenters. The van der Waals surface area contributed by atoms with E-state index in [1.165, 1.54) is 18.3 Å². The summed E-state index contributed by atoms with van der Waals surface area (Å²) in [5, 5.41) is 8.25. The summed E-state index contributed by atoms with van der Waals surface area (Å²) < 4.78 is 0. The summed E-state index contributed by atoms with van der Waals surface area (Å²) in [7, 11) is 0. The zero-order valence-electron chi connectivity index (χ0n) is 5.53. The average Bonchev–Trinajstić information content (AvgIpc) is 1.88. The average molecular weight is 158 g/mol. The van der Waals surface area contributed by atoms with Crippen molar-refractivity contribution in [2.45, 2.75) is 0 Å². The second-order valence-electron chi connectivity index (χ2n) is 1.49. The van der Waals surface area contributed by atoms with Crippen molar-refractivity contribution in [3.8, 4) is 6.07 Å². The molecule has 1 aromatic heterocycles. The zero-order chi connectivity index (χ0) is 6.69. The molecule has 0 aliphatic heterocycles. The van der Waals surface area contributed by atoms with Crippen LogP contribution < -0.4 is 61.9 Å². The van der Waals surface area contributed by atoms with Crippen molar-refractivity contribution < 1.29 is 51.4 Å². The Morgan fingerprint density at radius 3 is 2.70 bits per heavy atom. The SMILES string of the molecule is N#Cc1cc[n-]c(=O)c1.[K+]. The van der Waals surface area contributed by atoms with Gasteiger partial charge in [0.2, 0.25) is 0 Å². The van der Waals surface area contributed by atoms with Crippen LogP contribution in [0.1, 0.15) is 5.56 Å². The number of nitrogens with zero attached hydrogens (tertiary/aromatic N) is 2. The molecular weight excluding hydrogens is 155 g/mol. The molecule has 0 radical (unpaired) electrons. The monoisotopic (exact) mass is 158 g/mol. The predicted molar refractivity (Wildman–Crippen MR) is 30.7 cm³/mol. The van der Waals surface area contributed by atoms with Gasteiger partial charge in [-0.25, -0.2) is 0 Å². The molecule has 0 N–H and O–H groups in total. The third-order valence-corrected chi connectivity index (χ3v) is 0.864. The van der Waals surface area contributed by atoms with Crippen LogP contribution in [0.4, 0.5) is 0 Å². The standard InChI is InChI=1S/C6H4N2O.K/c7-4-5-1-2-8-6(9)3-5;/h1-3H,(H,8,9);/q;+1/p-1. The minimum atomic E-state index is -0.367. The fourth-order valence-electron chi connectivity index (χ4n) is 0.479. The van der Waals surface area contributed by atoms with Crippen molar-refractivity contribution >= 4 is 0 Å². The summed E-state index contributed by atoms with van der Waals surface area (Å²) >= 11 is 0. The van der Waals surface area contributed by atoms with Crippen LogP contribution in [0.2, 0.25) is 0 Å². The molecule has 1 aromatic rings. The van der Waals surface area contributed by atoms with Gasteiger partial charge in [0.1, 0.15) is 0 Å². The number of hydrogen-bond donors (Lipinski definition) is 0. The Kier molecular flexibility index (Phi) is 4.86. The molecule has 0 fully saturated rings. The molecule has 0 amide bonds. The fourth-order valence-corrected chi connectivity index (χ4v) is 0.479. The van der Waals surface area contributed by atoms with E-state index >= 15 is 0 Å². The van der Waals surface area contributed by atoms with Crippen molar-refractivity contribution in [2.75, 3.05) is 0 Å². The van der Waals surface area contributed by atoms with Crippen molar-refractivity contribution in [2.24, 2.45) is 0 Å². The largest absolute Gasteiger partial charge is 1.00 e. The Morgan fingerprint density at radius 1 is 1.60 bits per heavy atom. The van der Waals surface area contributed by atoms with E-state index in [1.807, 2.05) is 6.07 Å². The van der Waals surface area contributed by atoms with Gasteiger partial charge in [-0.2, -0.15) is 11.5 Å². The maximum atomic E-state index is 10.4. The third-order valence-electron chi connectivity index (χ3n) is 0.864. The van der Waals surface area contributed by atoms with Crippen molar-refractivity contribution in [3.63, 3.8) is 0 Å². The van der Waals surface area contributed by atoms with Crippen LogP contribution in [-0.4, -0.2) is 0 Å². The van der Waals surface area contributed by atoms with Gasteiger partial charge in [0, 0.05) is 0 Å². The van der Waals surface area contributed by atoms with E-state index in [4.69, 9.17) is 5.26 Å². The molecule has 3 nitrogen and oxygen atoms in total. The summed E-state index contributed by atoms with van der Waals surface area (Å²) in [5.74, 6) is 0. The third kappa shape index (κ3) is 2.77. The summed E-state index contributed by atoms with van der Waals surface area (Å²) in [4.78, 5) is 13.8. The maximum Gasteiger partial charge on any atom is 1.00 e. The Balaban J connectivity index is 0.000000810. The van der Waals surface area contributed by atoms with E-state index in [-0.39, 0.29) is 56.9 Å². The first-order valence-electron chi connectivity index (χ1n) is 2.36. The maximum absolute atomic E-state index is 10.4. The topological polar surface area (TPSA) is 55.0 Å². The molecule has 0 aromatic carbocycles. The molecule has 0 saturated heterocycles. The summed E-state index contributed by atoms with van der Waals surface area (Å²) in [6.45, 7) is 0. The van der Waals surface area contributed by atoms with E-state index in [9.17, 15) is 4.79 Å². The van der Waals surface area contributed by atoms with Crippen LogP contribution in [0, 0.1) is 11.3 Å². The van der Waals surface area contributed by atoms with Crippen molar-refractivity contribution in [3.05, 3.63) is 34.2 Å². The van der Waals surface area contributed by atoms with E-state index in [0.29, 0.717) is 5.56 Å². The summed E-state index contributed by atoms with van der Waals surface area (Å²) in [6.07, 6.45) is 1.32. The zero-order valence-corrected chi connectivity index (χ0v) is 8.66. The van der Waals surface area contributed by atoms with Gasteiger partial charge in [-0.05, 0) is 6.07 Å². The van der Waals surface area contributed by atoms with Crippen LogP contribution >= 0.6 is 0 Å². The summed E-state index contributed by atoms with van der Waals surface area (Å²) in [6, 6.07) is 4.51. The first kappa shape index (κ1) is 10.1. The van der Waals surface area contributed by atoms with Crippen LogP contribution in [0.25, 0.3) is 0 Å². The molecule has 0 aliphatic carbocycles. The van der Waals surface area contributed by atoms with Crippen LogP contribution in [0.5, 0.6) is 0 Å². The molecule has 4 heteroatoms. The van der Waals surface area contributed by atoms with Gasteiger partial charge in [-0.1, -0.05) is 6.07 Å². The summed E-state index contributed by atoms with van der Waals surface area (Å²) in [5.41, 5.74) is -0.0101. The van der Waals surface area contributed by atoms with Crippen molar-refractivity contribution in [1.82, 2.24) is 4.98 Å². The number of aromatic nitrogens is 1. The molecule has 1 heterocycles. The Morgan fingerprint density at radius 2 is 2.30 bits per heavy atom. The van der Waals surface area contributed by atoms with E-state index in [2.05, 4.69) is 4.98 Å². The number of pyridine rings is 1. The second kappa shape index (κ2) is 4.83. The minimum Gasteiger partial charge on any atom is -0.629 e. The predicted octanol–water partition coefficient (Wildman–Crippen LogP) is -3.12. The van der Waals surface area contributed by atoms with Gasteiger partial charge >= 0.3 is 51.4 Å². The van der Waals surface area contributed by atoms with Crippen LogP contribution in [0.15, 0.2) is 23.1 Å². The van der Waals surface area contributed by atoms with Gasteiger partial charge in [-0.3, -0.25) is 0 Å². The second-order valence-corrected chi connectivity index (χ2v) is 1.49. The van der Waals surface area contributed by atoms with Gasteiger partial charge in [0.05, 0.1) is 17.2 Å². The van der Waals surface area contributed by atoms with Gasteiger partial charge in [0.25, 0.3) is 0 Å². The Hall–Kier alpha value is 0.0764. The van der Waals surface area contributed by atoms with E-state index in [0.717, 1.165) is 0 Å². The molecule has 0 spiro atoms. The first-order chi connectivity index (χ1) is 4.33. The molecule has 0 aliphatic rings. The molecule has 0 bridgehead atoms. The Labute approximate surface area is 100 Å². The van der Waals surface area contributed by atoms with Gasteiger partial charge < -0.3 is 9.78 Å².